The number of piperidine rings is 1. The molecule has 3 heterocycles. The fourth-order valence-electron chi connectivity index (χ4n) is 2.64. The predicted molar refractivity (Wildman–Crippen MR) is 26.8 cm³/mol. The molecule has 38 valence electrons. The van der Waals surface area contributed by atoms with Gasteiger partial charge >= 0.3 is 0 Å². The van der Waals surface area contributed by atoms with Crippen molar-refractivity contribution in [3.63, 3.8) is 0 Å². The molecule has 0 aromatic carbocycles. The summed E-state index contributed by atoms with van der Waals surface area (Å²) in [6, 6.07) is 1.16. The fraction of sp³-hybridized carbons (Fsp3) is 1.00. The Kier molecular flexibility index (Phi) is 0.200. The van der Waals surface area contributed by atoms with Crippen LogP contribution < -0.4 is 0 Å². The van der Waals surface area contributed by atoms with Gasteiger partial charge in [0.1, 0.15) is 19.1 Å². The molecule has 0 N–H and O–H groups in total. The first-order chi connectivity index (χ1) is 3.27. The zero-order valence-electron chi connectivity index (χ0n) is 4.65. The lowest BCUT2D eigenvalue weighted by Gasteiger charge is -2.13. The molecule has 0 aromatic rings. The molecule has 1 heteroatoms. The number of nitrogens with zero attached hydrogens (tertiary/aromatic N) is 1. The average Bonchev–Trinajstić information content (AvgIpc) is 2.27. The average molecular weight is 96.2 g/mol. The van der Waals surface area contributed by atoms with Gasteiger partial charge in [0.05, 0.1) is 6.42 Å². The first-order valence-electron chi connectivity index (χ1n) is 3.14. The molecular weight excluding hydrogens is 86.1 g/mol. The minimum absolute atomic E-state index is 0.838. The van der Waals surface area contributed by atoms with Crippen molar-refractivity contribution in [2.75, 3.05) is 13.1 Å². The van der Waals surface area contributed by atoms with Crippen LogP contribution in [0.1, 0.15) is 13.3 Å². The smallest absolute Gasteiger partial charge is 0.152 e. The quantitative estimate of drug-likeness (QED) is 0.302. The van der Waals surface area contributed by atoms with Gasteiger partial charge in [0.25, 0.3) is 0 Å². The summed E-state index contributed by atoms with van der Waals surface area (Å²) >= 11 is 0. The summed E-state index contributed by atoms with van der Waals surface area (Å²) in [5.74, 6) is 0. The molecule has 3 saturated heterocycles. The van der Waals surface area contributed by atoms with Crippen LogP contribution >= 0.6 is 0 Å². The van der Waals surface area contributed by atoms with Gasteiger partial charge < -0.3 is 0 Å². The molecule has 0 aliphatic carbocycles. The van der Waals surface area contributed by atoms with Crippen LogP contribution in [-0.4, -0.2) is 29.2 Å². The maximum Gasteiger partial charge on any atom is 0.152 e. The molecule has 3 unspecified atom stereocenters. The van der Waals surface area contributed by atoms with Crippen molar-refractivity contribution >= 4 is 0 Å². The second-order valence-electron chi connectivity index (χ2n) is 3.73. The molecule has 0 amide bonds. The maximum atomic E-state index is 2.43. The highest BCUT2D eigenvalue weighted by Gasteiger charge is 2.90. The van der Waals surface area contributed by atoms with Crippen molar-refractivity contribution in [3.8, 4) is 0 Å². The van der Waals surface area contributed by atoms with Crippen LogP contribution in [0, 0.1) is 0 Å². The van der Waals surface area contributed by atoms with E-state index in [-0.39, 0.29) is 0 Å². The van der Waals surface area contributed by atoms with Gasteiger partial charge in [-0.2, -0.15) is 0 Å². The minimum Gasteiger partial charge on any atom is -0.297 e. The zero-order valence-corrected chi connectivity index (χ0v) is 4.65. The summed E-state index contributed by atoms with van der Waals surface area (Å²) in [4.78, 5) is 0. The Bertz CT molecular complexity index is 148. The van der Waals surface area contributed by atoms with E-state index in [1.165, 1.54) is 13.1 Å². The van der Waals surface area contributed by atoms with Crippen LogP contribution in [0.2, 0.25) is 0 Å². The Balaban J connectivity index is 2.19. The van der Waals surface area contributed by atoms with Crippen LogP contribution in [0.25, 0.3) is 0 Å². The van der Waals surface area contributed by atoms with Gasteiger partial charge in [-0.1, -0.05) is 0 Å². The van der Waals surface area contributed by atoms with Crippen LogP contribution in [0.15, 0.2) is 0 Å². The minimum atomic E-state index is 0.838. The van der Waals surface area contributed by atoms with E-state index in [1.54, 1.807) is 10.9 Å². The molecule has 3 aliphatic heterocycles. The molecule has 0 bridgehead atoms. The highest BCUT2D eigenvalue weighted by molar-refractivity contribution is 5.13. The van der Waals surface area contributed by atoms with Gasteiger partial charge in [-0.15, -0.1) is 0 Å². The molecule has 3 fully saturated rings. The second-order valence-corrected chi connectivity index (χ2v) is 3.73. The summed E-state index contributed by atoms with van der Waals surface area (Å²) < 4.78 is 1.55. The summed E-state index contributed by atoms with van der Waals surface area (Å²) in [5.41, 5.74) is 0.838. The fourth-order valence-corrected chi connectivity index (χ4v) is 2.64. The lowest BCUT2D eigenvalue weighted by molar-refractivity contribution is -0.736. The number of rotatable bonds is 0. The lowest BCUT2D eigenvalue weighted by Crippen LogP contribution is -2.29. The van der Waals surface area contributed by atoms with Crippen LogP contribution in [0.5, 0.6) is 0 Å². The largest absolute Gasteiger partial charge is 0.297 e. The molecule has 7 heavy (non-hydrogen) atoms. The summed E-state index contributed by atoms with van der Waals surface area (Å²) in [6.45, 7) is 5.49. The molecule has 0 aromatic heterocycles. The molecule has 0 saturated carbocycles. The molecular formula is C6H10N+. The molecule has 1 nitrogen and oxygen atoms in total. The topological polar surface area (TPSA) is 0 Å². The van der Waals surface area contributed by atoms with E-state index in [2.05, 4.69) is 6.92 Å². The Hall–Kier alpha value is -0.0400. The van der Waals surface area contributed by atoms with Crippen molar-refractivity contribution in [3.05, 3.63) is 0 Å². The van der Waals surface area contributed by atoms with Crippen LogP contribution in [0.3, 0.4) is 0 Å². The SMILES string of the molecule is CC12CC3C[N+]31C2. The van der Waals surface area contributed by atoms with Crippen molar-refractivity contribution in [2.45, 2.75) is 24.9 Å². The summed E-state index contributed by atoms with van der Waals surface area (Å²) in [5, 5.41) is 0. The van der Waals surface area contributed by atoms with Crippen molar-refractivity contribution in [1.29, 1.82) is 0 Å². The first kappa shape index (κ1) is 3.08. The van der Waals surface area contributed by atoms with Crippen LogP contribution in [-0.2, 0) is 0 Å². The lowest BCUT2D eigenvalue weighted by atomic mass is 10.0. The predicted octanol–water partition coefficient (Wildman–Crippen LogP) is 0.361. The van der Waals surface area contributed by atoms with E-state index in [1.807, 2.05) is 0 Å². The molecule has 3 rings (SSSR count). The van der Waals surface area contributed by atoms with Gasteiger partial charge in [0, 0.05) is 0 Å². The van der Waals surface area contributed by atoms with Crippen LogP contribution in [0.4, 0.5) is 0 Å². The standard InChI is InChI=1S/C6H10N/c1-6-2-5-3-7(5,6)4-6/h5H,2-4H2,1H3/q+1. The normalized spacial score (nSPS) is 81.0. The second kappa shape index (κ2) is 0.455. The summed E-state index contributed by atoms with van der Waals surface area (Å²) in [6.07, 6.45) is 1.55. The number of hydrogen-bond donors (Lipinski definition) is 0. The third kappa shape index (κ3) is 0.129. The van der Waals surface area contributed by atoms with Crippen molar-refractivity contribution in [2.24, 2.45) is 0 Å². The van der Waals surface area contributed by atoms with Gasteiger partial charge in [0.2, 0.25) is 0 Å². The molecule has 1 spiro atoms. The Labute approximate surface area is 43.5 Å². The van der Waals surface area contributed by atoms with Crippen molar-refractivity contribution < 1.29 is 4.48 Å². The highest BCUT2D eigenvalue weighted by atomic mass is 15.7. The monoisotopic (exact) mass is 96.1 g/mol. The van der Waals surface area contributed by atoms with Gasteiger partial charge in [0.15, 0.2) is 5.54 Å². The van der Waals surface area contributed by atoms with Gasteiger partial charge in [-0.25, -0.2) is 0 Å². The molecule has 3 aliphatic rings. The van der Waals surface area contributed by atoms with Crippen molar-refractivity contribution in [1.82, 2.24) is 0 Å². The van der Waals surface area contributed by atoms with E-state index in [9.17, 15) is 0 Å². The third-order valence-corrected chi connectivity index (χ3v) is 3.37. The molecule has 0 radical (unpaired) electrons. The highest BCUT2D eigenvalue weighted by Crippen LogP contribution is 2.69. The Morgan fingerprint density at radius 3 is 2.57 bits per heavy atom. The summed E-state index contributed by atoms with van der Waals surface area (Å²) in [7, 11) is 0. The first-order valence-corrected chi connectivity index (χ1v) is 3.14. The zero-order chi connectivity index (χ0) is 4.70. The van der Waals surface area contributed by atoms with E-state index in [0.717, 1.165) is 11.6 Å². The Morgan fingerprint density at radius 1 is 1.71 bits per heavy atom. The number of quaternary nitrogens is 1. The number of hydrogen-bond acceptors (Lipinski definition) is 0. The van der Waals surface area contributed by atoms with E-state index in [4.69, 9.17) is 0 Å². The maximum absolute atomic E-state index is 2.43. The molecule has 3 atom stereocenters. The van der Waals surface area contributed by atoms with E-state index < -0.39 is 0 Å². The van der Waals surface area contributed by atoms with E-state index >= 15 is 0 Å². The van der Waals surface area contributed by atoms with Gasteiger partial charge in [-0.3, -0.25) is 4.48 Å². The van der Waals surface area contributed by atoms with E-state index in [0.29, 0.717) is 0 Å². The third-order valence-electron chi connectivity index (χ3n) is 3.37. The van der Waals surface area contributed by atoms with Gasteiger partial charge in [-0.05, 0) is 6.92 Å². The Morgan fingerprint density at radius 2 is 2.57 bits per heavy atom.